The van der Waals surface area contributed by atoms with Crippen LogP contribution in [0.25, 0.3) is 0 Å². The number of thioether (sulfide) groups is 2. The molecule has 1 rings (SSSR count). The van der Waals surface area contributed by atoms with Gasteiger partial charge in [0.05, 0.1) is 19.1 Å². The Morgan fingerprint density at radius 3 is 2.45 bits per heavy atom. The molecule has 9 heteroatoms. The van der Waals surface area contributed by atoms with Gasteiger partial charge in [-0.3, -0.25) is 9.59 Å². The number of halogens is 1. The monoisotopic (exact) mass is 489 g/mol. The highest BCUT2D eigenvalue weighted by atomic mass is 35.5. The number of esters is 1. The highest BCUT2D eigenvalue weighted by molar-refractivity contribution is 8.13. The van der Waals surface area contributed by atoms with Gasteiger partial charge in [-0.25, -0.2) is 4.79 Å². The molecule has 0 saturated heterocycles. The van der Waals surface area contributed by atoms with Crippen LogP contribution in [0.5, 0.6) is 0 Å². The maximum Gasteiger partial charge on any atom is 0.328 e. The van der Waals surface area contributed by atoms with Crippen LogP contribution in [0.2, 0.25) is 0 Å². The summed E-state index contributed by atoms with van der Waals surface area (Å²) in [4.78, 5) is 37.0. The van der Waals surface area contributed by atoms with Crippen LogP contribution >= 0.6 is 35.1 Å². The molecule has 1 N–H and O–H groups in total. The fourth-order valence-electron chi connectivity index (χ4n) is 2.69. The maximum atomic E-state index is 13.0. The van der Waals surface area contributed by atoms with E-state index in [0.29, 0.717) is 36.8 Å². The van der Waals surface area contributed by atoms with Gasteiger partial charge in [-0.2, -0.15) is 11.8 Å². The summed E-state index contributed by atoms with van der Waals surface area (Å²) in [6, 6.07) is 7.21. The van der Waals surface area contributed by atoms with Crippen molar-refractivity contribution in [3.8, 4) is 0 Å². The minimum Gasteiger partial charge on any atom is -0.462 e. The number of carbonyl (C=O) groups is 3. The molecule has 0 saturated carbocycles. The number of benzene rings is 1. The molecule has 1 aromatic carbocycles. The summed E-state index contributed by atoms with van der Waals surface area (Å²) in [5.41, 5.74) is 2.15. The first-order chi connectivity index (χ1) is 14.9. The van der Waals surface area contributed by atoms with Gasteiger partial charge in [-0.15, -0.1) is 11.6 Å². The zero-order valence-electron chi connectivity index (χ0n) is 18.4. The van der Waals surface area contributed by atoms with Crippen LogP contribution in [-0.2, 0) is 30.3 Å². The van der Waals surface area contributed by atoms with Crippen molar-refractivity contribution in [3.63, 3.8) is 0 Å². The highest BCUT2D eigenvalue weighted by Gasteiger charge is 2.27. The molecule has 31 heavy (non-hydrogen) atoms. The second-order valence-electron chi connectivity index (χ2n) is 7.00. The SMILES string of the molecule is CSCC[C@H](NC(=O)[C@H](CSC(C)=O)Cc1ccc(C)cc1)C(=O)OCCOCCCl. The lowest BCUT2D eigenvalue weighted by atomic mass is 9.99. The maximum absolute atomic E-state index is 13.0. The summed E-state index contributed by atoms with van der Waals surface area (Å²) in [7, 11) is 0. The molecule has 0 aliphatic rings. The molecule has 0 unspecified atom stereocenters. The molecule has 0 heterocycles. The molecule has 1 amide bonds. The van der Waals surface area contributed by atoms with Gasteiger partial charge in [0.1, 0.15) is 12.6 Å². The lowest BCUT2D eigenvalue weighted by molar-refractivity contribution is -0.149. The van der Waals surface area contributed by atoms with E-state index in [9.17, 15) is 14.4 Å². The fourth-order valence-corrected chi connectivity index (χ4v) is 3.97. The minimum atomic E-state index is -0.740. The van der Waals surface area contributed by atoms with Crippen molar-refractivity contribution in [1.29, 1.82) is 0 Å². The average Bonchev–Trinajstić information content (AvgIpc) is 2.74. The second-order valence-corrected chi connectivity index (χ2v) is 9.56. The first kappa shape index (κ1) is 27.8. The quantitative estimate of drug-likeness (QED) is 0.229. The summed E-state index contributed by atoms with van der Waals surface area (Å²) in [5, 5.41) is 2.80. The summed E-state index contributed by atoms with van der Waals surface area (Å²) in [5.74, 6) is 0.259. The Kier molecular flexibility index (Phi) is 14.7. The number of ether oxygens (including phenoxy) is 2. The van der Waals surface area contributed by atoms with Crippen LogP contribution in [0.1, 0.15) is 24.5 Å². The Hall–Kier alpha value is -1.22. The fraction of sp³-hybridized carbons (Fsp3) is 0.591. The number of alkyl halides is 1. The second kappa shape index (κ2) is 16.4. The molecular weight excluding hydrogens is 458 g/mol. The number of carbonyl (C=O) groups excluding carboxylic acids is 3. The van der Waals surface area contributed by atoms with Crippen molar-refractivity contribution in [2.75, 3.05) is 43.5 Å². The van der Waals surface area contributed by atoms with E-state index in [2.05, 4.69) is 5.32 Å². The third-order valence-corrected chi connectivity index (χ3v) is 6.14. The Balaban J connectivity index is 2.77. The normalized spacial score (nSPS) is 12.8. The highest BCUT2D eigenvalue weighted by Crippen LogP contribution is 2.17. The van der Waals surface area contributed by atoms with Gasteiger partial charge in [-0.1, -0.05) is 41.6 Å². The zero-order chi connectivity index (χ0) is 23.1. The third kappa shape index (κ3) is 12.4. The van der Waals surface area contributed by atoms with Gasteiger partial charge in [0.25, 0.3) is 0 Å². The van der Waals surface area contributed by atoms with Crippen molar-refractivity contribution in [2.45, 2.75) is 32.7 Å². The first-order valence-electron chi connectivity index (χ1n) is 10.2. The van der Waals surface area contributed by atoms with E-state index in [1.807, 2.05) is 37.4 Å². The number of nitrogens with one attached hydrogen (secondary N) is 1. The number of amides is 1. The molecule has 0 bridgehead atoms. The molecule has 6 nitrogen and oxygen atoms in total. The predicted molar refractivity (Wildman–Crippen MR) is 129 cm³/mol. The number of hydrogen-bond donors (Lipinski definition) is 1. The van der Waals surface area contributed by atoms with E-state index < -0.39 is 17.9 Å². The van der Waals surface area contributed by atoms with Crippen molar-refractivity contribution in [3.05, 3.63) is 35.4 Å². The summed E-state index contributed by atoms with van der Waals surface area (Å²) >= 11 is 8.25. The van der Waals surface area contributed by atoms with Crippen molar-refractivity contribution in [1.82, 2.24) is 5.32 Å². The lowest BCUT2D eigenvalue weighted by Gasteiger charge is -2.22. The molecule has 174 valence electrons. The van der Waals surface area contributed by atoms with Gasteiger partial charge in [0.2, 0.25) is 5.91 Å². The van der Waals surface area contributed by atoms with Crippen LogP contribution in [-0.4, -0.2) is 66.5 Å². The zero-order valence-corrected chi connectivity index (χ0v) is 20.7. The Labute approximate surface area is 198 Å². The first-order valence-corrected chi connectivity index (χ1v) is 13.1. The number of hydrogen-bond acceptors (Lipinski definition) is 7. The predicted octanol–water partition coefficient (Wildman–Crippen LogP) is 3.47. The van der Waals surface area contributed by atoms with Crippen LogP contribution in [0.4, 0.5) is 0 Å². The molecule has 0 aliphatic heterocycles. The van der Waals surface area contributed by atoms with E-state index in [1.54, 1.807) is 11.8 Å². The van der Waals surface area contributed by atoms with E-state index >= 15 is 0 Å². The molecule has 0 aliphatic carbocycles. The van der Waals surface area contributed by atoms with E-state index in [0.717, 1.165) is 22.9 Å². The van der Waals surface area contributed by atoms with E-state index in [-0.39, 0.29) is 24.2 Å². The Bertz CT molecular complexity index is 687. The summed E-state index contributed by atoms with van der Waals surface area (Å²) in [6.07, 6.45) is 2.89. The smallest absolute Gasteiger partial charge is 0.328 e. The van der Waals surface area contributed by atoms with Crippen molar-refractivity contribution >= 4 is 52.1 Å². The summed E-state index contributed by atoms with van der Waals surface area (Å²) in [6.45, 7) is 4.24. The number of rotatable bonds is 15. The summed E-state index contributed by atoms with van der Waals surface area (Å²) < 4.78 is 10.5. The Morgan fingerprint density at radius 2 is 1.84 bits per heavy atom. The van der Waals surface area contributed by atoms with E-state index in [1.165, 1.54) is 6.92 Å². The molecule has 2 atom stereocenters. The van der Waals surface area contributed by atoms with Gasteiger partial charge in [0.15, 0.2) is 5.12 Å². The lowest BCUT2D eigenvalue weighted by Crippen LogP contribution is -2.46. The molecule has 1 aromatic rings. The number of aryl methyl sites for hydroxylation is 1. The molecule has 0 spiro atoms. The Morgan fingerprint density at radius 1 is 1.13 bits per heavy atom. The van der Waals surface area contributed by atoms with Crippen molar-refractivity contribution in [2.24, 2.45) is 5.92 Å². The third-order valence-electron chi connectivity index (χ3n) is 4.37. The standard InChI is InChI=1S/C22H32ClNO5S2/c1-16-4-6-18(7-5-16)14-19(15-31-17(2)25)21(26)24-20(8-13-30-3)22(27)29-12-11-28-10-9-23/h4-7,19-20H,8-15H2,1-3H3,(H,24,26)/t19-,20-/m0/s1. The van der Waals surface area contributed by atoms with Gasteiger partial charge < -0.3 is 14.8 Å². The minimum absolute atomic E-state index is 0.0444. The van der Waals surface area contributed by atoms with Crippen LogP contribution < -0.4 is 5.32 Å². The van der Waals surface area contributed by atoms with Crippen LogP contribution in [0.15, 0.2) is 24.3 Å². The van der Waals surface area contributed by atoms with Gasteiger partial charge in [0, 0.05) is 18.6 Å². The molecule has 0 radical (unpaired) electrons. The van der Waals surface area contributed by atoms with Gasteiger partial charge >= 0.3 is 5.97 Å². The van der Waals surface area contributed by atoms with Crippen LogP contribution in [0.3, 0.4) is 0 Å². The van der Waals surface area contributed by atoms with E-state index in [4.69, 9.17) is 21.1 Å². The molecule has 0 aromatic heterocycles. The largest absolute Gasteiger partial charge is 0.462 e. The van der Waals surface area contributed by atoms with Gasteiger partial charge in [-0.05, 0) is 37.3 Å². The van der Waals surface area contributed by atoms with Crippen LogP contribution in [0, 0.1) is 12.8 Å². The van der Waals surface area contributed by atoms with Crippen molar-refractivity contribution < 1.29 is 23.9 Å². The average molecular weight is 490 g/mol. The molecule has 0 fully saturated rings. The topological polar surface area (TPSA) is 81.7 Å². The molecular formula is C22H32ClNO5S2.